The summed E-state index contributed by atoms with van der Waals surface area (Å²) in [7, 11) is 0. The first-order chi connectivity index (χ1) is 6.83. The zero-order valence-corrected chi connectivity index (χ0v) is 9.37. The zero-order valence-electron chi connectivity index (χ0n) is 8.56. The number of hydrogen-bond donors (Lipinski definition) is 1. The Balaban J connectivity index is 3.03. The van der Waals surface area contributed by atoms with Gasteiger partial charge in [0.15, 0.2) is 5.01 Å². The van der Waals surface area contributed by atoms with Crippen LogP contribution < -0.4 is 5.73 Å². The van der Waals surface area contributed by atoms with Gasteiger partial charge in [0.1, 0.15) is 0 Å². The van der Waals surface area contributed by atoms with Crippen molar-refractivity contribution in [3.05, 3.63) is 16.1 Å². The fourth-order valence-corrected chi connectivity index (χ4v) is 2.26. The van der Waals surface area contributed by atoms with E-state index in [4.69, 9.17) is 5.73 Å². The molecule has 0 bridgehead atoms. The number of rotatable bonds is 3. The number of nitrogens with zero attached hydrogens (tertiary/aromatic N) is 1. The zero-order chi connectivity index (χ0) is 11.7. The lowest BCUT2D eigenvalue weighted by atomic mass is 9.93. The van der Waals surface area contributed by atoms with Gasteiger partial charge in [-0.2, -0.15) is 13.2 Å². The number of thiazole rings is 1. The molecule has 6 heteroatoms. The maximum Gasteiger partial charge on any atom is 0.443 e. The van der Waals surface area contributed by atoms with Crippen LogP contribution in [-0.4, -0.2) is 4.98 Å². The van der Waals surface area contributed by atoms with Crippen molar-refractivity contribution in [2.45, 2.75) is 38.4 Å². The Morgan fingerprint density at radius 2 is 1.87 bits per heavy atom. The minimum absolute atomic E-state index is 0.500. The molecule has 1 heterocycles. The number of halogens is 3. The fraction of sp³-hybridized carbons (Fsp3) is 0.667. The van der Waals surface area contributed by atoms with E-state index in [9.17, 15) is 13.2 Å². The van der Waals surface area contributed by atoms with Crippen molar-refractivity contribution < 1.29 is 13.2 Å². The Bertz CT molecular complexity index is 328. The lowest BCUT2D eigenvalue weighted by molar-refractivity contribution is -0.137. The quantitative estimate of drug-likeness (QED) is 0.878. The number of aromatic nitrogens is 1. The van der Waals surface area contributed by atoms with Gasteiger partial charge in [0.2, 0.25) is 0 Å². The van der Waals surface area contributed by atoms with Crippen LogP contribution in [0.2, 0.25) is 0 Å². The minimum atomic E-state index is -4.37. The molecule has 0 aliphatic carbocycles. The summed E-state index contributed by atoms with van der Waals surface area (Å²) in [4.78, 5) is 3.86. The van der Waals surface area contributed by atoms with Crippen molar-refractivity contribution in [2.75, 3.05) is 0 Å². The molecule has 1 rings (SSSR count). The summed E-state index contributed by atoms with van der Waals surface area (Å²) in [5.74, 6) is 0. The molecule has 0 radical (unpaired) electrons. The third-order valence-electron chi connectivity index (χ3n) is 2.50. The second-order valence-electron chi connectivity index (χ2n) is 3.39. The topological polar surface area (TPSA) is 38.9 Å². The largest absolute Gasteiger partial charge is 0.443 e. The van der Waals surface area contributed by atoms with Crippen LogP contribution in [-0.2, 0) is 11.7 Å². The molecular weight excluding hydrogens is 225 g/mol. The summed E-state index contributed by atoms with van der Waals surface area (Å²) in [5.41, 5.74) is 5.30. The highest BCUT2D eigenvalue weighted by Crippen LogP contribution is 2.37. The minimum Gasteiger partial charge on any atom is -0.321 e. The third kappa shape index (κ3) is 2.49. The Morgan fingerprint density at radius 3 is 2.20 bits per heavy atom. The van der Waals surface area contributed by atoms with Crippen molar-refractivity contribution >= 4 is 11.3 Å². The molecule has 0 aromatic carbocycles. The van der Waals surface area contributed by atoms with Crippen LogP contribution in [0.15, 0.2) is 6.20 Å². The van der Waals surface area contributed by atoms with Gasteiger partial charge in [-0.25, -0.2) is 4.98 Å². The molecule has 86 valence electrons. The molecule has 0 atom stereocenters. The first-order valence-corrected chi connectivity index (χ1v) is 5.47. The van der Waals surface area contributed by atoms with E-state index in [1.165, 1.54) is 6.20 Å². The maximum atomic E-state index is 12.3. The van der Waals surface area contributed by atoms with E-state index in [-0.39, 0.29) is 0 Å². The smallest absolute Gasteiger partial charge is 0.321 e. The Kier molecular flexibility index (Phi) is 3.40. The van der Waals surface area contributed by atoms with Gasteiger partial charge >= 0.3 is 6.18 Å². The average molecular weight is 238 g/mol. The Morgan fingerprint density at radius 1 is 1.33 bits per heavy atom. The Labute approximate surface area is 90.3 Å². The fourth-order valence-electron chi connectivity index (χ4n) is 1.23. The molecule has 2 N–H and O–H groups in total. The summed E-state index contributed by atoms with van der Waals surface area (Å²) in [6, 6.07) is 0. The molecule has 0 aliphatic rings. The molecule has 0 fully saturated rings. The molecule has 0 aliphatic heterocycles. The van der Waals surface area contributed by atoms with Crippen LogP contribution in [0.1, 0.15) is 36.6 Å². The van der Waals surface area contributed by atoms with Gasteiger partial charge in [-0.05, 0) is 12.8 Å². The van der Waals surface area contributed by atoms with E-state index in [0.717, 1.165) is 0 Å². The van der Waals surface area contributed by atoms with Gasteiger partial charge in [0, 0.05) is 11.1 Å². The van der Waals surface area contributed by atoms with Crippen LogP contribution in [0.4, 0.5) is 13.2 Å². The lowest BCUT2D eigenvalue weighted by Gasteiger charge is -2.24. The van der Waals surface area contributed by atoms with E-state index in [2.05, 4.69) is 4.98 Å². The summed E-state index contributed by atoms with van der Waals surface area (Å²) in [6.07, 6.45) is -1.93. The van der Waals surface area contributed by atoms with Crippen LogP contribution >= 0.6 is 11.3 Å². The van der Waals surface area contributed by atoms with E-state index in [1.54, 1.807) is 0 Å². The van der Waals surface area contributed by atoms with Crippen molar-refractivity contribution in [1.29, 1.82) is 0 Å². The summed E-state index contributed by atoms with van der Waals surface area (Å²) >= 11 is 0.635. The standard InChI is InChI=1S/C9H13F3N2S/c1-3-8(13,4-2)6-5-14-7(15-6)9(10,11)12/h5H,3-4,13H2,1-2H3. The predicted molar refractivity (Wildman–Crippen MR) is 53.6 cm³/mol. The van der Waals surface area contributed by atoms with Crippen molar-refractivity contribution in [3.63, 3.8) is 0 Å². The second-order valence-corrected chi connectivity index (χ2v) is 4.42. The molecule has 0 spiro atoms. The van der Waals surface area contributed by atoms with Crippen molar-refractivity contribution in [1.82, 2.24) is 4.98 Å². The molecule has 1 aromatic heterocycles. The SMILES string of the molecule is CCC(N)(CC)c1cnc(C(F)(F)F)s1. The van der Waals surface area contributed by atoms with Crippen molar-refractivity contribution in [3.8, 4) is 0 Å². The van der Waals surface area contributed by atoms with E-state index < -0.39 is 16.7 Å². The van der Waals surface area contributed by atoms with Crippen LogP contribution in [0.3, 0.4) is 0 Å². The van der Waals surface area contributed by atoms with Crippen LogP contribution in [0.25, 0.3) is 0 Å². The first-order valence-electron chi connectivity index (χ1n) is 4.66. The molecule has 15 heavy (non-hydrogen) atoms. The summed E-state index contributed by atoms with van der Waals surface area (Å²) in [5, 5.41) is -0.825. The molecule has 0 saturated heterocycles. The number of hydrogen-bond acceptors (Lipinski definition) is 3. The monoisotopic (exact) mass is 238 g/mol. The molecule has 0 amide bonds. The van der Waals surface area contributed by atoms with Gasteiger partial charge in [-0.3, -0.25) is 0 Å². The molecule has 0 unspecified atom stereocenters. The molecular formula is C9H13F3N2S. The predicted octanol–water partition coefficient (Wildman–Crippen LogP) is 3.14. The van der Waals surface area contributed by atoms with Crippen molar-refractivity contribution in [2.24, 2.45) is 5.73 Å². The second kappa shape index (κ2) is 4.09. The normalized spacial score (nSPS) is 13.2. The third-order valence-corrected chi connectivity index (χ3v) is 3.76. The highest BCUT2D eigenvalue weighted by atomic mass is 32.1. The van der Waals surface area contributed by atoms with Gasteiger partial charge in [-0.1, -0.05) is 13.8 Å². The molecule has 0 saturated carbocycles. The van der Waals surface area contributed by atoms with Gasteiger partial charge < -0.3 is 5.73 Å². The number of alkyl halides is 3. The maximum absolute atomic E-state index is 12.3. The summed E-state index contributed by atoms with van der Waals surface area (Å²) in [6.45, 7) is 3.72. The highest BCUT2D eigenvalue weighted by Gasteiger charge is 2.36. The summed E-state index contributed by atoms with van der Waals surface area (Å²) < 4.78 is 36.9. The van der Waals surface area contributed by atoms with Crippen LogP contribution in [0, 0.1) is 0 Å². The average Bonchev–Trinajstić information content (AvgIpc) is 2.65. The lowest BCUT2D eigenvalue weighted by Crippen LogP contribution is -2.34. The van der Waals surface area contributed by atoms with E-state index >= 15 is 0 Å². The molecule has 1 aromatic rings. The first kappa shape index (κ1) is 12.4. The van der Waals surface area contributed by atoms with Gasteiger partial charge in [0.25, 0.3) is 0 Å². The van der Waals surface area contributed by atoms with E-state index in [1.807, 2.05) is 13.8 Å². The van der Waals surface area contributed by atoms with Crippen LogP contribution in [0.5, 0.6) is 0 Å². The highest BCUT2D eigenvalue weighted by molar-refractivity contribution is 7.11. The van der Waals surface area contributed by atoms with E-state index in [0.29, 0.717) is 29.1 Å². The number of nitrogens with two attached hydrogens (primary N) is 1. The van der Waals surface area contributed by atoms with Gasteiger partial charge in [-0.15, -0.1) is 11.3 Å². The van der Waals surface area contributed by atoms with Gasteiger partial charge in [0.05, 0.1) is 5.54 Å². The Hall–Kier alpha value is -0.620. The molecule has 2 nitrogen and oxygen atoms in total.